The molecule has 0 bridgehead atoms. The smallest absolute Gasteiger partial charge is 0.232 e. The molecule has 9 heteroatoms. The van der Waals surface area contributed by atoms with Gasteiger partial charge in [0.25, 0.3) is 0 Å². The highest BCUT2D eigenvalue weighted by Gasteiger charge is 2.46. The number of aliphatic imine (C=N–C) groups is 1. The molecule has 0 fully saturated rings. The van der Waals surface area contributed by atoms with Crippen LogP contribution in [0.5, 0.6) is 5.88 Å². The van der Waals surface area contributed by atoms with Crippen molar-refractivity contribution in [2.45, 2.75) is 31.1 Å². The molecule has 0 spiro atoms. The maximum absolute atomic E-state index is 13.2. The van der Waals surface area contributed by atoms with E-state index in [0.29, 0.717) is 22.4 Å². The van der Waals surface area contributed by atoms with Crippen molar-refractivity contribution in [3.8, 4) is 16.5 Å². The standard InChI is InChI=1S/C17H21ClN4O2S2/c1-16(2)15(19)22-17(3,9-26(16,5)23)14-10(18)6-12(25-14)11-7-20-8-13(21-11)24-4/h6-8H,5,9H2,1-4H3,(H2,19,22)/t17-,26?/m0/s1. The molecule has 0 aromatic carbocycles. The molecule has 6 nitrogen and oxygen atoms in total. The van der Waals surface area contributed by atoms with Gasteiger partial charge in [-0.1, -0.05) is 11.6 Å². The van der Waals surface area contributed by atoms with Gasteiger partial charge >= 0.3 is 0 Å². The Kier molecular flexibility index (Phi) is 4.57. The van der Waals surface area contributed by atoms with Crippen LogP contribution in [0.2, 0.25) is 5.02 Å². The van der Waals surface area contributed by atoms with Crippen molar-refractivity contribution in [3.05, 3.63) is 28.4 Å². The van der Waals surface area contributed by atoms with Gasteiger partial charge in [-0.3, -0.25) is 14.2 Å². The highest BCUT2D eigenvalue weighted by atomic mass is 35.5. The number of nitrogens with two attached hydrogens (primary N) is 1. The summed E-state index contributed by atoms with van der Waals surface area (Å²) >= 11 is 7.95. The molecule has 0 saturated heterocycles. The maximum Gasteiger partial charge on any atom is 0.232 e. The van der Waals surface area contributed by atoms with Crippen molar-refractivity contribution in [2.75, 3.05) is 12.9 Å². The van der Waals surface area contributed by atoms with Crippen LogP contribution in [0, 0.1) is 0 Å². The second-order valence-electron chi connectivity index (χ2n) is 6.97. The van der Waals surface area contributed by atoms with Gasteiger partial charge in [0, 0.05) is 5.75 Å². The van der Waals surface area contributed by atoms with Crippen molar-refractivity contribution < 1.29 is 8.95 Å². The molecule has 0 saturated carbocycles. The minimum absolute atomic E-state index is 0.275. The highest BCUT2D eigenvalue weighted by Crippen LogP contribution is 2.45. The number of aromatic nitrogens is 2. The number of ether oxygens (including phenoxy) is 1. The zero-order valence-electron chi connectivity index (χ0n) is 15.1. The third-order valence-corrected chi connectivity index (χ3v) is 9.60. The number of halogens is 1. The molecule has 0 aliphatic carbocycles. The summed E-state index contributed by atoms with van der Waals surface area (Å²) in [5, 5.41) is 0.531. The number of thiophene rings is 1. The fraction of sp³-hybridized carbons (Fsp3) is 0.412. The Bertz CT molecular complexity index is 998. The Morgan fingerprint density at radius 2 is 2.08 bits per heavy atom. The summed E-state index contributed by atoms with van der Waals surface area (Å²) in [6.45, 7) is 5.51. The largest absolute Gasteiger partial charge is 0.480 e. The molecule has 1 aliphatic heterocycles. The Labute approximate surface area is 162 Å². The number of amidine groups is 1. The number of hydrogen-bond acceptors (Lipinski definition) is 7. The lowest BCUT2D eigenvalue weighted by molar-refractivity contribution is 0.396. The zero-order chi connectivity index (χ0) is 19.3. The van der Waals surface area contributed by atoms with Crippen LogP contribution in [0.1, 0.15) is 25.6 Å². The van der Waals surface area contributed by atoms with Gasteiger partial charge in [0.15, 0.2) is 0 Å². The Morgan fingerprint density at radius 3 is 2.69 bits per heavy atom. The first-order chi connectivity index (χ1) is 12.0. The van der Waals surface area contributed by atoms with Crippen LogP contribution >= 0.6 is 22.9 Å². The SMILES string of the molecule is C=S1(=O)C[C@@](C)(c2sc(-c3cncc(OC)n3)cc2Cl)N=C(N)C1(C)C. The topological polar surface area (TPSA) is 90.5 Å². The fourth-order valence-corrected chi connectivity index (χ4v) is 6.38. The van der Waals surface area contributed by atoms with Crippen molar-refractivity contribution in [2.24, 2.45) is 10.7 Å². The van der Waals surface area contributed by atoms with Gasteiger partial charge in [0.2, 0.25) is 5.88 Å². The molecule has 2 atom stereocenters. The summed E-state index contributed by atoms with van der Waals surface area (Å²) in [6, 6.07) is 1.81. The van der Waals surface area contributed by atoms with Gasteiger partial charge in [0.05, 0.1) is 39.0 Å². The molecule has 2 aromatic rings. The number of nitrogens with zero attached hydrogens (tertiary/aromatic N) is 3. The van der Waals surface area contributed by atoms with Crippen LogP contribution < -0.4 is 10.5 Å². The van der Waals surface area contributed by atoms with Crippen molar-refractivity contribution in [1.82, 2.24) is 9.97 Å². The van der Waals surface area contributed by atoms with E-state index in [4.69, 9.17) is 22.1 Å². The van der Waals surface area contributed by atoms with Crippen molar-refractivity contribution in [3.63, 3.8) is 0 Å². The van der Waals surface area contributed by atoms with E-state index in [-0.39, 0.29) is 5.75 Å². The van der Waals surface area contributed by atoms with Crippen LogP contribution in [-0.4, -0.2) is 43.5 Å². The van der Waals surface area contributed by atoms with Crippen LogP contribution in [0.15, 0.2) is 23.5 Å². The molecular formula is C17H21ClN4O2S2. The van der Waals surface area contributed by atoms with E-state index < -0.39 is 19.8 Å². The molecular weight excluding hydrogens is 392 g/mol. The van der Waals surface area contributed by atoms with E-state index in [1.807, 2.05) is 26.8 Å². The van der Waals surface area contributed by atoms with Gasteiger partial charge in [-0.2, -0.15) is 0 Å². The molecule has 1 unspecified atom stereocenters. The van der Waals surface area contributed by atoms with Crippen LogP contribution in [0.3, 0.4) is 0 Å². The second-order valence-corrected chi connectivity index (χ2v) is 11.4. The summed E-state index contributed by atoms with van der Waals surface area (Å²) in [6.07, 6.45) is 3.18. The van der Waals surface area contributed by atoms with Gasteiger partial charge < -0.3 is 10.5 Å². The lowest BCUT2D eigenvalue weighted by atomic mass is 10.0. The molecule has 140 valence electrons. The van der Waals surface area contributed by atoms with E-state index in [1.54, 1.807) is 6.20 Å². The first-order valence-corrected chi connectivity index (χ1v) is 11.0. The average Bonchev–Trinajstić information content (AvgIpc) is 2.95. The first-order valence-electron chi connectivity index (χ1n) is 7.87. The monoisotopic (exact) mass is 412 g/mol. The minimum atomic E-state index is -2.50. The van der Waals surface area contributed by atoms with E-state index in [0.717, 1.165) is 9.75 Å². The van der Waals surface area contributed by atoms with Crippen molar-refractivity contribution in [1.29, 1.82) is 0 Å². The van der Waals surface area contributed by atoms with Gasteiger partial charge in [0.1, 0.15) is 17.1 Å². The van der Waals surface area contributed by atoms with E-state index in [1.165, 1.54) is 24.6 Å². The Morgan fingerprint density at radius 1 is 1.38 bits per heavy atom. The molecule has 26 heavy (non-hydrogen) atoms. The maximum atomic E-state index is 13.2. The molecule has 3 rings (SSSR count). The molecule has 0 amide bonds. The summed E-state index contributed by atoms with van der Waals surface area (Å²) in [7, 11) is -0.969. The Balaban J connectivity index is 2.11. The summed E-state index contributed by atoms with van der Waals surface area (Å²) in [5.74, 6) is 4.99. The lowest BCUT2D eigenvalue weighted by Crippen LogP contribution is -2.54. The quantitative estimate of drug-likeness (QED) is 0.782. The van der Waals surface area contributed by atoms with Crippen LogP contribution in [-0.2, 0) is 15.1 Å². The van der Waals surface area contributed by atoms with Crippen LogP contribution in [0.4, 0.5) is 0 Å². The molecule has 2 aromatic heterocycles. The number of methoxy groups -OCH3 is 1. The van der Waals surface area contributed by atoms with Gasteiger partial charge in [-0.05, 0) is 42.2 Å². The Hall–Kier alpha value is -1.64. The average molecular weight is 413 g/mol. The molecule has 2 N–H and O–H groups in total. The van der Waals surface area contributed by atoms with E-state index >= 15 is 0 Å². The summed E-state index contributed by atoms with van der Waals surface area (Å²) in [4.78, 5) is 14.8. The van der Waals surface area contributed by atoms with E-state index in [2.05, 4.69) is 20.8 Å². The summed E-state index contributed by atoms with van der Waals surface area (Å²) in [5.41, 5.74) is 6.01. The van der Waals surface area contributed by atoms with Gasteiger partial charge in [-0.25, -0.2) is 4.98 Å². The number of rotatable bonds is 3. The molecule has 3 heterocycles. The normalized spacial score (nSPS) is 27.8. The minimum Gasteiger partial charge on any atom is -0.480 e. The molecule has 0 radical (unpaired) electrons. The van der Waals surface area contributed by atoms with Crippen molar-refractivity contribution >= 4 is 44.2 Å². The fourth-order valence-electron chi connectivity index (χ4n) is 2.80. The predicted octanol–water partition coefficient (Wildman–Crippen LogP) is 2.95. The first kappa shape index (κ1) is 19.1. The summed E-state index contributed by atoms with van der Waals surface area (Å²) < 4.78 is 17.6. The predicted molar refractivity (Wildman–Crippen MR) is 110 cm³/mol. The lowest BCUT2D eigenvalue weighted by Gasteiger charge is -2.40. The third kappa shape index (κ3) is 3.00. The van der Waals surface area contributed by atoms with E-state index in [9.17, 15) is 4.21 Å². The van der Waals surface area contributed by atoms with Gasteiger partial charge in [-0.15, -0.1) is 11.3 Å². The van der Waals surface area contributed by atoms with Crippen LogP contribution in [0.25, 0.3) is 10.6 Å². The number of hydrogen-bond donors (Lipinski definition) is 1. The highest BCUT2D eigenvalue weighted by molar-refractivity contribution is 8.02. The third-order valence-electron chi connectivity index (χ3n) is 4.68. The molecule has 1 aliphatic rings. The second kappa shape index (κ2) is 6.21. The zero-order valence-corrected chi connectivity index (χ0v) is 17.5.